The number of carboxylic acid groups (broad SMARTS) is 1. The third-order valence-electron chi connectivity index (χ3n) is 16.7. The number of ether oxygens (including phenoxy) is 4. The van der Waals surface area contributed by atoms with Crippen LogP contribution in [0, 0.1) is 0 Å². The third kappa shape index (κ3) is 74.9. The Labute approximate surface area is 574 Å². The number of likely N-dealkylation sites (N-methyl/N-ethyl adjacent to an activating group) is 1. The molecule has 0 rings (SSSR count). The second-order valence-electron chi connectivity index (χ2n) is 26.9. The summed E-state index contributed by atoms with van der Waals surface area (Å²) in [5.41, 5.74) is 0. The van der Waals surface area contributed by atoms with Gasteiger partial charge in [-0.1, -0.05) is 354 Å². The van der Waals surface area contributed by atoms with Gasteiger partial charge < -0.3 is 28.5 Å². The first-order valence-electron chi connectivity index (χ1n) is 38.7. The van der Waals surface area contributed by atoms with E-state index in [4.69, 9.17) is 18.9 Å². The number of nitrogens with zero attached hydrogens (tertiary/aromatic N) is 1. The van der Waals surface area contributed by atoms with Crippen LogP contribution in [0.5, 0.6) is 0 Å². The lowest BCUT2D eigenvalue weighted by atomic mass is 10.0. The molecule has 0 saturated heterocycles. The minimum Gasteiger partial charge on any atom is -0.477 e. The van der Waals surface area contributed by atoms with E-state index >= 15 is 0 Å². The van der Waals surface area contributed by atoms with Gasteiger partial charge in [0.2, 0.25) is 0 Å². The quantitative estimate of drug-likeness (QED) is 0.0211. The monoisotopic (exact) mass is 1300 g/mol. The zero-order valence-electron chi connectivity index (χ0n) is 61.1. The predicted octanol–water partition coefficient (Wildman–Crippen LogP) is 24.7. The topological polar surface area (TPSA) is 108 Å². The molecule has 0 aliphatic heterocycles. The number of hydrogen-bond acceptors (Lipinski definition) is 7. The van der Waals surface area contributed by atoms with E-state index < -0.39 is 24.3 Å². The Morgan fingerprint density at radius 2 is 0.613 bits per heavy atom. The van der Waals surface area contributed by atoms with Crippen LogP contribution in [0.2, 0.25) is 0 Å². The number of unbranched alkanes of at least 4 members (excludes halogenated alkanes) is 36. The number of allylic oxidation sites excluding steroid dienone is 20. The Bertz CT molecular complexity index is 1950. The van der Waals surface area contributed by atoms with E-state index in [1.807, 2.05) is 21.1 Å². The molecular weight excluding hydrogens is 1150 g/mol. The maximum absolute atomic E-state index is 13.0. The van der Waals surface area contributed by atoms with E-state index in [1.165, 1.54) is 193 Å². The number of quaternary nitrogens is 1. The fourth-order valence-corrected chi connectivity index (χ4v) is 10.9. The molecule has 0 radical (unpaired) electrons. The summed E-state index contributed by atoms with van der Waals surface area (Å²) in [7, 11) is 5.98. The van der Waals surface area contributed by atoms with E-state index in [1.54, 1.807) is 0 Å². The molecule has 9 heteroatoms. The summed E-state index contributed by atoms with van der Waals surface area (Å²) in [6.07, 6.45) is 102. The van der Waals surface area contributed by atoms with Gasteiger partial charge in [-0.3, -0.25) is 9.59 Å². The smallest absolute Gasteiger partial charge is 0.361 e. The Morgan fingerprint density at radius 3 is 0.914 bits per heavy atom. The zero-order chi connectivity index (χ0) is 67.5. The Kier molecular flexibility index (Phi) is 70.1. The molecule has 9 nitrogen and oxygen atoms in total. The van der Waals surface area contributed by atoms with Crippen LogP contribution < -0.4 is 0 Å². The highest BCUT2D eigenvalue weighted by Gasteiger charge is 2.25. The molecule has 0 aliphatic carbocycles. The molecular formula is C84H146NO8+. The van der Waals surface area contributed by atoms with Crippen molar-refractivity contribution < 1.29 is 42.9 Å². The number of rotatable bonds is 71. The number of aliphatic carboxylic acids is 1. The van der Waals surface area contributed by atoms with Gasteiger partial charge in [0.15, 0.2) is 6.10 Å². The van der Waals surface area contributed by atoms with Crippen LogP contribution in [0.15, 0.2) is 122 Å². The lowest BCUT2D eigenvalue weighted by molar-refractivity contribution is -0.870. The second-order valence-corrected chi connectivity index (χ2v) is 26.9. The summed E-state index contributed by atoms with van der Waals surface area (Å²) in [6.45, 7) is 4.80. The van der Waals surface area contributed by atoms with Gasteiger partial charge in [0.1, 0.15) is 13.2 Å². The highest BCUT2D eigenvalue weighted by atomic mass is 16.7. The van der Waals surface area contributed by atoms with E-state index in [0.717, 1.165) is 109 Å². The van der Waals surface area contributed by atoms with Crippen molar-refractivity contribution in [1.29, 1.82) is 0 Å². The molecule has 2 unspecified atom stereocenters. The predicted molar refractivity (Wildman–Crippen MR) is 401 cm³/mol. The summed E-state index contributed by atoms with van der Waals surface area (Å²) in [5.74, 6) is -2.00. The fourth-order valence-electron chi connectivity index (χ4n) is 10.9. The average Bonchev–Trinajstić information content (AvgIpc) is 3.38. The van der Waals surface area contributed by atoms with Gasteiger partial charge in [-0.05, 0) is 89.9 Å². The zero-order valence-corrected chi connectivity index (χ0v) is 61.1. The molecule has 0 aromatic heterocycles. The number of carboxylic acids is 1. The number of esters is 2. The molecule has 0 heterocycles. The molecule has 2 atom stereocenters. The first-order valence-corrected chi connectivity index (χ1v) is 38.7. The number of carbonyl (C=O) groups excluding carboxylic acids is 2. The number of carbonyl (C=O) groups is 3. The van der Waals surface area contributed by atoms with Crippen molar-refractivity contribution in [1.82, 2.24) is 0 Å². The van der Waals surface area contributed by atoms with Crippen LogP contribution in [0.4, 0.5) is 0 Å². The molecule has 0 aromatic carbocycles. The molecule has 0 aliphatic rings. The molecule has 0 aromatic rings. The van der Waals surface area contributed by atoms with Crippen LogP contribution in [0.25, 0.3) is 0 Å². The molecule has 0 spiro atoms. The van der Waals surface area contributed by atoms with Crippen molar-refractivity contribution in [2.75, 3.05) is 47.5 Å². The highest BCUT2D eigenvalue weighted by molar-refractivity contribution is 5.71. The molecule has 1 N–H and O–H groups in total. The first-order chi connectivity index (χ1) is 45.6. The van der Waals surface area contributed by atoms with Crippen LogP contribution in [0.3, 0.4) is 0 Å². The van der Waals surface area contributed by atoms with Gasteiger partial charge in [-0.25, -0.2) is 4.79 Å². The average molecular weight is 1300 g/mol. The van der Waals surface area contributed by atoms with E-state index in [-0.39, 0.29) is 32.2 Å². The Morgan fingerprint density at radius 1 is 0.333 bits per heavy atom. The van der Waals surface area contributed by atoms with Gasteiger partial charge in [0.25, 0.3) is 6.29 Å². The number of hydrogen-bond donors (Lipinski definition) is 1. The van der Waals surface area contributed by atoms with Crippen LogP contribution in [-0.4, -0.2) is 87.4 Å². The van der Waals surface area contributed by atoms with Crippen LogP contribution in [0.1, 0.15) is 335 Å². The van der Waals surface area contributed by atoms with Crippen LogP contribution in [-0.2, 0) is 33.3 Å². The van der Waals surface area contributed by atoms with Gasteiger partial charge in [-0.15, -0.1) is 0 Å². The summed E-state index contributed by atoms with van der Waals surface area (Å²) < 4.78 is 23.0. The maximum Gasteiger partial charge on any atom is 0.361 e. The Hall–Kier alpha value is -4.31. The normalized spacial score (nSPS) is 13.3. The summed E-state index contributed by atoms with van der Waals surface area (Å²) in [5, 5.41) is 9.77. The van der Waals surface area contributed by atoms with Gasteiger partial charge in [0.05, 0.1) is 34.4 Å². The van der Waals surface area contributed by atoms with E-state index in [2.05, 4.69) is 135 Å². The molecule has 0 fully saturated rings. The molecule has 0 bridgehead atoms. The van der Waals surface area contributed by atoms with E-state index in [9.17, 15) is 19.5 Å². The van der Waals surface area contributed by atoms with Gasteiger partial charge in [0, 0.05) is 12.8 Å². The lowest BCUT2D eigenvalue weighted by Gasteiger charge is -2.25. The minimum absolute atomic E-state index is 0.184. The summed E-state index contributed by atoms with van der Waals surface area (Å²) in [6, 6.07) is 0. The van der Waals surface area contributed by atoms with E-state index in [0.29, 0.717) is 23.9 Å². The molecule has 93 heavy (non-hydrogen) atoms. The standard InChI is InChI=1S/C84H145NO8/c1-6-8-10-12-14-16-18-20-22-24-26-28-30-32-34-35-36-37-38-39-40-41-42-43-44-45-46-47-49-51-53-55-57-59-61-63-65-67-69-71-73-75-82(87)93-80(79-92-84(83(88)89)90-77-76-85(3,4)5)78-91-81(86)74-72-70-68-66-64-62-60-58-56-54-52-50-48-33-31-29-27-25-23-21-19-17-15-13-11-9-7-2/h8,10,14,16,20,22,26,28,32,34,36-37,39-40,42-43,45-46,49,51,80,84H,6-7,9,11-13,15,17-19,21,23-25,27,29-31,33,35,38,41,44,47-48,50,52-79H2,1-5H3/p+1/b10-8-,16-14-,22-20-,28-26-,34-32-,37-36-,40-39-,43-42-,46-45-,51-49-. The molecule has 0 saturated carbocycles. The molecule has 534 valence electrons. The van der Waals surface area contributed by atoms with Gasteiger partial charge >= 0.3 is 17.9 Å². The minimum atomic E-state index is -1.52. The van der Waals surface area contributed by atoms with Crippen molar-refractivity contribution in [2.45, 2.75) is 347 Å². The fraction of sp³-hybridized carbons (Fsp3) is 0.726. The summed E-state index contributed by atoms with van der Waals surface area (Å²) >= 11 is 0. The van der Waals surface area contributed by atoms with Crippen molar-refractivity contribution in [2.24, 2.45) is 0 Å². The SMILES string of the molecule is CC/C=C\C/C=C\C/C=C\C/C=C\C/C=C\C/C=C\C/C=C\C/C=C\C/C=C\C/C=C\CCCCCCCCCCCCC(=O)OC(COC(=O)CCCCCCCCCCCCCCCCCCCCCCCCCCCCC)COC(OCC[N+](C)(C)C)C(=O)O. The van der Waals surface area contributed by atoms with Crippen molar-refractivity contribution in [3.05, 3.63) is 122 Å². The van der Waals surface area contributed by atoms with Crippen LogP contribution >= 0.6 is 0 Å². The summed E-state index contributed by atoms with van der Waals surface area (Å²) in [4.78, 5) is 37.7. The third-order valence-corrected chi connectivity index (χ3v) is 16.7. The molecule has 0 amide bonds. The second kappa shape index (κ2) is 73.5. The highest BCUT2D eigenvalue weighted by Crippen LogP contribution is 2.18. The largest absolute Gasteiger partial charge is 0.477 e. The van der Waals surface area contributed by atoms with Crippen molar-refractivity contribution >= 4 is 17.9 Å². The van der Waals surface area contributed by atoms with Crippen molar-refractivity contribution in [3.63, 3.8) is 0 Å². The Balaban J connectivity index is 4.09. The lowest BCUT2D eigenvalue weighted by Crippen LogP contribution is -2.40. The van der Waals surface area contributed by atoms with Gasteiger partial charge in [-0.2, -0.15) is 0 Å². The van der Waals surface area contributed by atoms with Crippen molar-refractivity contribution in [3.8, 4) is 0 Å². The maximum atomic E-state index is 13.0. The first kappa shape index (κ1) is 88.7.